The fourth-order valence-electron chi connectivity index (χ4n) is 5.75. The highest BCUT2D eigenvalue weighted by Gasteiger charge is 2.23. The third-order valence-corrected chi connectivity index (χ3v) is 8.98. The monoisotopic (exact) mass is 586 g/mol. The van der Waals surface area contributed by atoms with Crippen molar-refractivity contribution in [2.24, 2.45) is 0 Å². The molecular weight excluding hydrogens is 556 g/mol. The SMILES string of the molecule is CCC(c1ccc(-c2[nH]c(Sc3nc4ccc(C)cc4[nH]3)c(-c3ccc(Cl)cc3)c2C#N)cc1)c1ccc(C)cc1C. The highest BCUT2D eigenvalue weighted by Crippen LogP contribution is 2.42. The van der Waals surface area contributed by atoms with Gasteiger partial charge in [0.15, 0.2) is 5.16 Å². The average Bonchev–Trinajstić information content (AvgIpc) is 3.55. The fourth-order valence-corrected chi connectivity index (χ4v) is 6.85. The van der Waals surface area contributed by atoms with Crippen molar-refractivity contribution in [2.45, 2.75) is 50.2 Å². The van der Waals surface area contributed by atoms with Crippen LogP contribution in [0.4, 0.5) is 0 Å². The number of benzene rings is 4. The average molecular weight is 587 g/mol. The smallest absolute Gasteiger partial charge is 0.172 e. The van der Waals surface area contributed by atoms with Gasteiger partial charge in [-0.05, 0) is 96.6 Å². The first kappa shape index (κ1) is 27.9. The summed E-state index contributed by atoms with van der Waals surface area (Å²) in [5, 5.41) is 12.7. The van der Waals surface area contributed by atoms with Crippen molar-refractivity contribution in [3.63, 3.8) is 0 Å². The minimum absolute atomic E-state index is 0.311. The topological polar surface area (TPSA) is 68.3 Å². The standard InChI is InChI=1S/C36H31ClN4S/c1-5-28(29-16-6-21(2)18-23(29)4)24-8-10-26(11-9-24)34-30(20-38)33(25-12-14-27(37)15-13-25)35(41-34)42-36-39-31-17-7-22(3)19-32(31)40-36/h6-19,28,41H,5H2,1-4H3,(H,39,40). The number of fused-ring (bicyclic) bond motifs is 1. The van der Waals surface area contributed by atoms with Crippen molar-refractivity contribution in [3.05, 3.63) is 123 Å². The van der Waals surface area contributed by atoms with Gasteiger partial charge in [0.05, 0.1) is 27.3 Å². The van der Waals surface area contributed by atoms with Crippen LogP contribution in [0.25, 0.3) is 33.4 Å². The van der Waals surface area contributed by atoms with Gasteiger partial charge in [-0.25, -0.2) is 4.98 Å². The molecule has 0 amide bonds. The van der Waals surface area contributed by atoms with Crippen LogP contribution in [0.2, 0.25) is 5.02 Å². The van der Waals surface area contributed by atoms with E-state index in [9.17, 15) is 5.26 Å². The maximum Gasteiger partial charge on any atom is 0.172 e. The van der Waals surface area contributed by atoms with Gasteiger partial charge in [-0.2, -0.15) is 5.26 Å². The number of imidazole rings is 1. The van der Waals surface area contributed by atoms with Crippen LogP contribution in [0, 0.1) is 32.1 Å². The Morgan fingerprint density at radius 2 is 1.55 bits per heavy atom. The van der Waals surface area contributed by atoms with Gasteiger partial charge in [0.25, 0.3) is 0 Å². The van der Waals surface area contributed by atoms with Crippen molar-refractivity contribution in [1.82, 2.24) is 15.0 Å². The van der Waals surface area contributed by atoms with Crippen LogP contribution in [0.1, 0.15) is 52.6 Å². The summed E-state index contributed by atoms with van der Waals surface area (Å²) in [5.41, 5.74) is 12.4. The second-order valence-electron chi connectivity index (χ2n) is 10.8. The zero-order chi connectivity index (χ0) is 29.4. The van der Waals surface area contributed by atoms with Crippen molar-refractivity contribution >= 4 is 34.4 Å². The van der Waals surface area contributed by atoms with E-state index in [0.717, 1.165) is 50.0 Å². The van der Waals surface area contributed by atoms with Gasteiger partial charge in [-0.15, -0.1) is 0 Å². The van der Waals surface area contributed by atoms with E-state index in [2.05, 4.69) is 98.3 Å². The molecule has 2 N–H and O–H groups in total. The Labute approximate surface area is 255 Å². The van der Waals surface area contributed by atoms with Crippen LogP contribution in [-0.2, 0) is 0 Å². The van der Waals surface area contributed by atoms with E-state index in [1.54, 1.807) is 0 Å². The number of nitrogens with zero attached hydrogens (tertiary/aromatic N) is 2. The van der Waals surface area contributed by atoms with Crippen molar-refractivity contribution < 1.29 is 0 Å². The third kappa shape index (κ3) is 5.36. The molecule has 1 atom stereocenters. The van der Waals surface area contributed by atoms with Crippen LogP contribution in [0.3, 0.4) is 0 Å². The number of rotatable bonds is 7. The summed E-state index contributed by atoms with van der Waals surface area (Å²) in [6.07, 6.45) is 1.01. The van der Waals surface area contributed by atoms with E-state index in [0.29, 0.717) is 16.5 Å². The molecule has 6 heteroatoms. The third-order valence-electron chi connectivity index (χ3n) is 7.84. The molecular formula is C36H31ClN4S. The number of aryl methyl sites for hydroxylation is 3. The Morgan fingerprint density at radius 3 is 2.24 bits per heavy atom. The molecule has 2 heterocycles. The lowest BCUT2D eigenvalue weighted by molar-refractivity contribution is 0.771. The van der Waals surface area contributed by atoms with Crippen LogP contribution in [0.5, 0.6) is 0 Å². The minimum atomic E-state index is 0.311. The molecule has 0 saturated carbocycles. The fraction of sp³-hybridized carbons (Fsp3) is 0.167. The van der Waals surface area contributed by atoms with Gasteiger partial charge in [0.1, 0.15) is 6.07 Å². The summed E-state index contributed by atoms with van der Waals surface area (Å²) in [5.74, 6) is 0.311. The molecule has 0 fully saturated rings. The lowest BCUT2D eigenvalue weighted by atomic mass is 9.85. The summed E-state index contributed by atoms with van der Waals surface area (Å²) in [6, 6.07) is 31.6. The quantitative estimate of drug-likeness (QED) is 0.195. The van der Waals surface area contributed by atoms with E-state index < -0.39 is 0 Å². The number of halogens is 1. The molecule has 0 radical (unpaired) electrons. The molecule has 6 rings (SSSR count). The molecule has 0 bridgehead atoms. The Kier molecular flexibility index (Phi) is 7.68. The van der Waals surface area contributed by atoms with Crippen molar-refractivity contribution in [1.29, 1.82) is 5.26 Å². The van der Waals surface area contributed by atoms with Gasteiger partial charge in [-0.1, -0.05) is 84.8 Å². The summed E-state index contributed by atoms with van der Waals surface area (Å²) in [4.78, 5) is 11.8. The molecule has 0 aliphatic carbocycles. The molecule has 2 aromatic heterocycles. The van der Waals surface area contributed by atoms with E-state index in [1.807, 2.05) is 30.3 Å². The van der Waals surface area contributed by atoms with Crippen molar-refractivity contribution in [3.8, 4) is 28.5 Å². The molecule has 4 nitrogen and oxygen atoms in total. The van der Waals surface area contributed by atoms with Crippen LogP contribution in [0.15, 0.2) is 95.1 Å². The Balaban J connectivity index is 1.42. The predicted molar refractivity (Wildman–Crippen MR) is 174 cm³/mol. The van der Waals surface area contributed by atoms with Crippen LogP contribution in [-0.4, -0.2) is 15.0 Å². The summed E-state index contributed by atoms with van der Waals surface area (Å²) >= 11 is 7.72. The Morgan fingerprint density at radius 1 is 0.857 bits per heavy atom. The highest BCUT2D eigenvalue weighted by atomic mass is 35.5. The molecule has 0 aliphatic rings. The van der Waals surface area contributed by atoms with E-state index >= 15 is 0 Å². The molecule has 208 valence electrons. The molecule has 1 unspecified atom stereocenters. The zero-order valence-corrected chi connectivity index (χ0v) is 25.6. The lowest BCUT2D eigenvalue weighted by Gasteiger charge is -2.19. The minimum Gasteiger partial charge on any atom is -0.348 e. The first-order valence-electron chi connectivity index (χ1n) is 14.1. The van der Waals surface area contributed by atoms with E-state index in [-0.39, 0.29) is 0 Å². The summed E-state index contributed by atoms with van der Waals surface area (Å²) in [7, 11) is 0. The molecule has 0 spiro atoms. The summed E-state index contributed by atoms with van der Waals surface area (Å²) < 4.78 is 0. The Bertz CT molecular complexity index is 1940. The van der Waals surface area contributed by atoms with Crippen LogP contribution < -0.4 is 0 Å². The first-order valence-corrected chi connectivity index (χ1v) is 15.3. The van der Waals surface area contributed by atoms with Crippen molar-refractivity contribution in [2.75, 3.05) is 0 Å². The number of aromatic amines is 2. The number of hydrogen-bond acceptors (Lipinski definition) is 3. The van der Waals surface area contributed by atoms with Crippen LogP contribution >= 0.6 is 23.4 Å². The lowest BCUT2D eigenvalue weighted by Crippen LogP contribution is -2.02. The molecule has 0 saturated heterocycles. The number of nitrogens with one attached hydrogen (secondary N) is 2. The van der Waals surface area contributed by atoms with E-state index in [4.69, 9.17) is 16.6 Å². The normalized spacial score (nSPS) is 12.0. The number of H-pyrrole nitrogens is 2. The predicted octanol–water partition coefficient (Wildman–Crippen LogP) is 10.4. The molecule has 0 aliphatic heterocycles. The largest absolute Gasteiger partial charge is 0.348 e. The van der Waals surface area contributed by atoms with Gasteiger partial charge in [0, 0.05) is 16.5 Å². The van der Waals surface area contributed by atoms with Gasteiger partial charge in [0.2, 0.25) is 0 Å². The van der Waals surface area contributed by atoms with Gasteiger partial charge < -0.3 is 9.97 Å². The first-order chi connectivity index (χ1) is 20.3. The maximum atomic E-state index is 10.5. The molecule has 4 aromatic carbocycles. The number of nitriles is 1. The second kappa shape index (κ2) is 11.6. The number of hydrogen-bond donors (Lipinski definition) is 2. The summed E-state index contributed by atoms with van der Waals surface area (Å²) in [6.45, 7) is 8.63. The highest BCUT2D eigenvalue weighted by molar-refractivity contribution is 7.99. The van der Waals surface area contributed by atoms with Gasteiger partial charge >= 0.3 is 0 Å². The molecule has 6 aromatic rings. The second-order valence-corrected chi connectivity index (χ2v) is 12.2. The Hall–Kier alpha value is -4.24. The maximum absolute atomic E-state index is 10.5. The molecule has 42 heavy (non-hydrogen) atoms. The zero-order valence-electron chi connectivity index (χ0n) is 24.0. The van der Waals surface area contributed by atoms with E-state index in [1.165, 1.54) is 39.6 Å². The van der Waals surface area contributed by atoms with Gasteiger partial charge in [-0.3, -0.25) is 0 Å². The number of aromatic nitrogens is 3.